The number of nitrogens with zero attached hydrogens (tertiary/aromatic N) is 4. The van der Waals surface area contributed by atoms with Crippen LogP contribution in [0.1, 0.15) is 10.4 Å². The van der Waals surface area contributed by atoms with Gasteiger partial charge in [0.15, 0.2) is 5.78 Å². The van der Waals surface area contributed by atoms with Gasteiger partial charge in [-0.1, -0.05) is 23.3 Å². The lowest BCUT2D eigenvalue weighted by molar-refractivity contribution is 0.102. The van der Waals surface area contributed by atoms with Crippen LogP contribution >= 0.6 is 0 Å². The monoisotopic (exact) mass is 342 g/mol. The average Bonchev–Trinajstić information content (AvgIpc) is 3.12. The van der Waals surface area contributed by atoms with Crippen molar-refractivity contribution in [1.29, 1.82) is 0 Å². The molecule has 3 rings (SSSR count). The first-order valence-corrected chi connectivity index (χ1v) is 8.40. The van der Waals surface area contributed by atoms with Gasteiger partial charge < -0.3 is 4.74 Å². The summed E-state index contributed by atoms with van der Waals surface area (Å²) in [5, 5.41) is 11.3. The van der Waals surface area contributed by atoms with E-state index in [0.29, 0.717) is 17.0 Å². The number of hydrogen-bond donors (Lipinski definition) is 0. The van der Waals surface area contributed by atoms with Crippen LogP contribution in [0.5, 0.6) is 5.75 Å². The van der Waals surface area contributed by atoms with E-state index in [9.17, 15) is 9.00 Å². The number of carbonyl (C=O) groups excluding carboxylic acids is 1. The second-order valence-corrected chi connectivity index (χ2v) is 6.20. The van der Waals surface area contributed by atoms with Gasteiger partial charge >= 0.3 is 0 Å². The van der Waals surface area contributed by atoms with Crippen LogP contribution in [0.3, 0.4) is 0 Å². The van der Waals surface area contributed by atoms with E-state index in [-0.39, 0.29) is 16.7 Å². The zero-order chi connectivity index (χ0) is 16.9. The first kappa shape index (κ1) is 16.0. The van der Waals surface area contributed by atoms with Crippen molar-refractivity contribution in [3.63, 3.8) is 0 Å². The zero-order valence-corrected chi connectivity index (χ0v) is 13.6. The third-order valence-corrected chi connectivity index (χ3v) is 4.51. The van der Waals surface area contributed by atoms with E-state index < -0.39 is 10.8 Å². The SMILES string of the molecule is COc1ccc(C(=O)CS(=O)c2nnnn2-c2ccccc2)cc1. The molecule has 1 aromatic heterocycles. The number of aromatic nitrogens is 4. The summed E-state index contributed by atoms with van der Waals surface area (Å²) in [7, 11) is -0.105. The smallest absolute Gasteiger partial charge is 0.244 e. The maximum absolute atomic E-state index is 12.5. The Morgan fingerprint density at radius 1 is 1.12 bits per heavy atom. The van der Waals surface area contributed by atoms with E-state index in [4.69, 9.17) is 4.74 Å². The van der Waals surface area contributed by atoms with Crippen LogP contribution < -0.4 is 4.74 Å². The molecule has 7 nitrogen and oxygen atoms in total. The summed E-state index contributed by atoms with van der Waals surface area (Å²) in [6, 6.07) is 15.7. The van der Waals surface area contributed by atoms with E-state index in [1.807, 2.05) is 18.2 Å². The number of methoxy groups -OCH3 is 1. The molecule has 24 heavy (non-hydrogen) atoms. The topological polar surface area (TPSA) is 87.0 Å². The van der Waals surface area contributed by atoms with Crippen LogP contribution in [0.25, 0.3) is 5.69 Å². The third kappa shape index (κ3) is 3.38. The minimum absolute atomic E-state index is 0.142. The summed E-state index contributed by atoms with van der Waals surface area (Å²) in [6.45, 7) is 0. The van der Waals surface area contributed by atoms with Gasteiger partial charge in [-0.25, -0.2) is 0 Å². The lowest BCUT2D eigenvalue weighted by atomic mass is 10.1. The van der Waals surface area contributed by atoms with Gasteiger partial charge in [-0.05, 0) is 46.8 Å². The Morgan fingerprint density at radius 3 is 2.50 bits per heavy atom. The van der Waals surface area contributed by atoms with Crippen LogP contribution in [0.15, 0.2) is 59.8 Å². The first-order valence-electron chi connectivity index (χ1n) is 7.08. The molecule has 1 atom stereocenters. The molecule has 0 aliphatic rings. The van der Waals surface area contributed by atoms with Crippen LogP contribution in [-0.2, 0) is 10.8 Å². The highest BCUT2D eigenvalue weighted by Gasteiger charge is 2.19. The molecule has 0 saturated carbocycles. The Hall–Kier alpha value is -2.87. The predicted octanol–water partition coefficient (Wildman–Crippen LogP) is 1.66. The maximum Gasteiger partial charge on any atom is 0.244 e. The fourth-order valence-electron chi connectivity index (χ4n) is 2.10. The van der Waals surface area contributed by atoms with Gasteiger partial charge in [0.1, 0.15) is 16.5 Å². The number of carbonyl (C=O) groups is 1. The zero-order valence-electron chi connectivity index (χ0n) is 12.8. The molecular formula is C16H14N4O3S. The fraction of sp³-hybridized carbons (Fsp3) is 0.125. The lowest BCUT2D eigenvalue weighted by Gasteiger charge is -2.05. The van der Waals surface area contributed by atoms with Crippen molar-refractivity contribution in [2.24, 2.45) is 0 Å². The Bertz CT molecular complexity index is 863. The molecule has 0 fully saturated rings. The molecule has 8 heteroatoms. The van der Waals surface area contributed by atoms with Crippen LogP contribution in [0, 0.1) is 0 Å². The minimum Gasteiger partial charge on any atom is -0.497 e. The molecule has 122 valence electrons. The summed E-state index contributed by atoms with van der Waals surface area (Å²) in [5.74, 6) is 0.207. The third-order valence-electron chi connectivity index (χ3n) is 3.32. The Labute approximate surface area is 140 Å². The molecule has 1 heterocycles. The molecule has 0 bridgehead atoms. The Kier molecular flexibility index (Phi) is 4.76. The van der Waals surface area contributed by atoms with Gasteiger partial charge in [-0.2, -0.15) is 4.68 Å². The quantitative estimate of drug-likeness (QED) is 0.633. The molecule has 0 aliphatic heterocycles. The molecule has 2 aromatic carbocycles. The molecule has 0 aliphatic carbocycles. The number of para-hydroxylation sites is 1. The summed E-state index contributed by atoms with van der Waals surface area (Å²) in [6.07, 6.45) is 0. The molecule has 0 radical (unpaired) electrons. The summed E-state index contributed by atoms with van der Waals surface area (Å²) >= 11 is 0. The van der Waals surface area contributed by atoms with Crippen LogP contribution in [0.4, 0.5) is 0 Å². The maximum atomic E-state index is 12.5. The highest BCUT2D eigenvalue weighted by atomic mass is 32.2. The normalized spacial score (nSPS) is 11.9. The highest BCUT2D eigenvalue weighted by molar-refractivity contribution is 7.85. The van der Waals surface area contributed by atoms with Crippen LogP contribution in [0.2, 0.25) is 0 Å². The largest absolute Gasteiger partial charge is 0.497 e. The number of Topliss-reactive ketones (excluding diaryl/α,β-unsaturated/α-hetero) is 1. The summed E-state index contributed by atoms with van der Waals surface area (Å²) in [5.41, 5.74) is 1.14. The number of hydrogen-bond acceptors (Lipinski definition) is 6. The van der Waals surface area contributed by atoms with Crippen LogP contribution in [-0.4, -0.2) is 43.1 Å². The minimum atomic E-state index is -1.66. The van der Waals surface area contributed by atoms with E-state index in [1.165, 1.54) is 4.68 Å². The van der Waals surface area contributed by atoms with E-state index >= 15 is 0 Å². The molecule has 0 N–H and O–H groups in total. The van der Waals surface area contributed by atoms with Crippen molar-refractivity contribution in [2.45, 2.75) is 5.16 Å². The lowest BCUT2D eigenvalue weighted by Crippen LogP contribution is -2.15. The first-order chi connectivity index (χ1) is 11.7. The van der Waals surface area contributed by atoms with Crippen molar-refractivity contribution >= 4 is 16.6 Å². The van der Waals surface area contributed by atoms with E-state index in [0.717, 1.165) is 0 Å². The Balaban J connectivity index is 1.78. The van der Waals surface area contributed by atoms with Crippen molar-refractivity contribution in [1.82, 2.24) is 20.2 Å². The number of ketones is 1. The standard InChI is InChI=1S/C16H14N4O3S/c1-23-14-9-7-12(8-10-14)15(21)11-24(22)16-17-18-19-20(16)13-5-3-2-4-6-13/h2-10H,11H2,1H3. The van der Waals surface area contributed by atoms with Gasteiger partial charge in [0, 0.05) is 5.56 Å². The van der Waals surface area contributed by atoms with Gasteiger partial charge in [-0.3, -0.25) is 9.00 Å². The van der Waals surface area contributed by atoms with Gasteiger partial charge in [0.25, 0.3) is 0 Å². The predicted molar refractivity (Wildman–Crippen MR) is 87.8 cm³/mol. The number of tetrazole rings is 1. The van der Waals surface area contributed by atoms with Crippen molar-refractivity contribution in [3.8, 4) is 11.4 Å². The number of ether oxygens (including phenoxy) is 1. The fourth-order valence-corrected chi connectivity index (χ4v) is 3.09. The summed E-state index contributed by atoms with van der Waals surface area (Å²) < 4.78 is 18.9. The van der Waals surface area contributed by atoms with Crippen molar-refractivity contribution in [2.75, 3.05) is 12.9 Å². The van der Waals surface area contributed by atoms with E-state index in [2.05, 4.69) is 15.5 Å². The average molecular weight is 342 g/mol. The second kappa shape index (κ2) is 7.14. The summed E-state index contributed by atoms with van der Waals surface area (Å²) in [4.78, 5) is 12.3. The highest BCUT2D eigenvalue weighted by Crippen LogP contribution is 2.14. The van der Waals surface area contributed by atoms with Gasteiger partial charge in [0.05, 0.1) is 18.6 Å². The van der Waals surface area contributed by atoms with Crippen molar-refractivity contribution < 1.29 is 13.7 Å². The van der Waals surface area contributed by atoms with E-state index in [1.54, 1.807) is 43.5 Å². The van der Waals surface area contributed by atoms with Gasteiger partial charge in [-0.15, -0.1) is 0 Å². The molecule has 1 unspecified atom stereocenters. The molecule has 0 amide bonds. The van der Waals surface area contributed by atoms with Gasteiger partial charge in [0.2, 0.25) is 5.16 Å². The number of benzene rings is 2. The van der Waals surface area contributed by atoms with Crippen molar-refractivity contribution in [3.05, 3.63) is 60.2 Å². The Morgan fingerprint density at radius 2 is 1.83 bits per heavy atom. The molecule has 0 spiro atoms. The molecule has 0 saturated heterocycles. The number of rotatable bonds is 6. The molecule has 3 aromatic rings. The second-order valence-electron chi connectivity index (χ2n) is 4.85. The molecular weight excluding hydrogens is 328 g/mol.